The van der Waals surface area contributed by atoms with Crippen LogP contribution in [0, 0.1) is 25.2 Å². The molecule has 2 N–H and O–H groups in total. The summed E-state index contributed by atoms with van der Waals surface area (Å²) < 4.78 is 2.00. The van der Waals surface area contributed by atoms with E-state index in [2.05, 4.69) is 17.5 Å². The van der Waals surface area contributed by atoms with E-state index in [-0.39, 0.29) is 0 Å². The molecule has 2 aromatic rings. The van der Waals surface area contributed by atoms with Gasteiger partial charge in [0.05, 0.1) is 12.1 Å². The number of hydrogen-bond acceptors (Lipinski definition) is 3. The van der Waals surface area contributed by atoms with Crippen molar-refractivity contribution in [3.05, 3.63) is 39.2 Å². The fourth-order valence-corrected chi connectivity index (χ4v) is 2.46. The molecule has 0 aliphatic heterocycles. The van der Waals surface area contributed by atoms with Crippen LogP contribution in [-0.4, -0.2) is 4.57 Å². The maximum absolute atomic E-state index is 9.02. The van der Waals surface area contributed by atoms with Gasteiger partial charge in [0, 0.05) is 5.69 Å². The van der Waals surface area contributed by atoms with Crippen molar-refractivity contribution < 1.29 is 0 Å². The van der Waals surface area contributed by atoms with Crippen molar-refractivity contribution in [3.8, 4) is 6.07 Å². The molecule has 0 aliphatic carbocycles. The Kier molecular flexibility index (Phi) is 2.71. The van der Waals surface area contributed by atoms with Crippen molar-refractivity contribution in [2.24, 2.45) is 0 Å². The third-order valence-electron chi connectivity index (χ3n) is 2.90. The van der Waals surface area contributed by atoms with Gasteiger partial charge in [-0.25, -0.2) is 0 Å². The molecule has 3 nitrogen and oxygen atoms in total. The second-order valence-corrected chi connectivity index (χ2v) is 4.58. The van der Waals surface area contributed by atoms with E-state index in [4.69, 9.17) is 11.0 Å². The lowest BCUT2D eigenvalue weighted by atomic mass is 10.2. The minimum absolute atomic E-state index is 0.573. The number of thiophene rings is 1. The van der Waals surface area contributed by atoms with E-state index >= 15 is 0 Å². The average Bonchev–Trinajstić information content (AvgIpc) is 2.83. The molecule has 0 saturated heterocycles. The van der Waals surface area contributed by atoms with Gasteiger partial charge in [-0.3, -0.25) is 0 Å². The number of nitrogens with zero attached hydrogens (tertiary/aromatic N) is 2. The molecular weight excluding hydrogens is 218 g/mol. The van der Waals surface area contributed by atoms with E-state index in [0.29, 0.717) is 11.4 Å². The third kappa shape index (κ3) is 1.59. The summed E-state index contributed by atoms with van der Waals surface area (Å²) in [7, 11) is 0. The highest BCUT2D eigenvalue weighted by Crippen LogP contribution is 2.24. The number of rotatable bonds is 2. The summed E-state index contributed by atoms with van der Waals surface area (Å²) in [5.41, 5.74) is 9.85. The molecule has 0 saturated carbocycles. The monoisotopic (exact) mass is 231 g/mol. The molecular formula is C12H13N3S. The number of nitrogens with two attached hydrogens (primary N) is 1. The van der Waals surface area contributed by atoms with Crippen LogP contribution in [-0.2, 0) is 6.54 Å². The summed E-state index contributed by atoms with van der Waals surface area (Å²) >= 11 is 1.67. The van der Waals surface area contributed by atoms with Gasteiger partial charge in [0.2, 0.25) is 0 Å². The van der Waals surface area contributed by atoms with Crippen LogP contribution >= 0.6 is 11.3 Å². The largest absolute Gasteiger partial charge is 0.384 e. The highest BCUT2D eigenvalue weighted by molar-refractivity contribution is 7.07. The van der Waals surface area contributed by atoms with E-state index in [9.17, 15) is 0 Å². The molecule has 0 aliphatic rings. The average molecular weight is 231 g/mol. The van der Waals surface area contributed by atoms with Crippen LogP contribution in [0.2, 0.25) is 0 Å². The summed E-state index contributed by atoms with van der Waals surface area (Å²) in [6.07, 6.45) is 0. The second-order valence-electron chi connectivity index (χ2n) is 3.80. The van der Waals surface area contributed by atoms with E-state index < -0.39 is 0 Å². The molecule has 0 radical (unpaired) electrons. The van der Waals surface area contributed by atoms with Crippen molar-refractivity contribution in [3.63, 3.8) is 0 Å². The summed E-state index contributed by atoms with van der Waals surface area (Å²) in [4.78, 5) is 0. The van der Waals surface area contributed by atoms with Crippen LogP contribution in [0.3, 0.4) is 0 Å². The van der Waals surface area contributed by atoms with Crippen molar-refractivity contribution in [2.45, 2.75) is 20.4 Å². The molecule has 0 amide bonds. The van der Waals surface area contributed by atoms with Gasteiger partial charge in [-0.05, 0) is 41.8 Å². The fourth-order valence-electron chi connectivity index (χ4n) is 1.80. The van der Waals surface area contributed by atoms with Gasteiger partial charge in [-0.2, -0.15) is 16.6 Å². The first-order valence-electron chi connectivity index (χ1n) is 5.01. The van der Waals surface area contributed by atoms with E-state index in [0.717, 1.165) is 17.8 Å². The Labute approximate surface area is 98.7 Å². The first-order valence-corrected chi connectivity index (χ1v) is 5.95. The quantitative estimate of drug-likeness (QED) is 0.863. The summed E-state index contributed by atoms with van der Waals surface area (Å²) in [5, 5.41) is 13.2. The van der Waals surface area contributed by atoms with Crippen molar-refractivity contribution in [1.82, 2.24) is 4.57 Å². The van der Waals surface area contributed by atoms with E-state index in [1.165, 1.54) is 5.56 Å². The standard InChI is InChI=1S/C12H13N3S/c1-8-9(2)15(12(14)11(8)5-13)6-10-3-4-16-7-10/h3-4,7H,6,14H2,1-2H3. The zero-order valence-electron chi connectivity index (χ0n) is 9.32. The highest BCUT2D eigenvalue weighted by atomic mass is 32.1. The molecule has 0 unspecified atom stereocenters. The Morgan fingerprint density at radius 2 is 2.25 bits per heavy atom. The van der Waals surface area contributed by atoms with Gasteiger partial charge in [-0.15, -0.1) is 0 Å². The predicted molar refractivity (Wildman–Crippen MR) is 66.5 cm³/mol. The molecule has 0 atom stereocenters. The molecule has 4 heteroatoms. The van der Waals surface area contributed by atoms with Gasteiger partial charge in [0.15, 0.2) is 0 Å². The normalized spacial score (nSPS) is 10.3. The Hall–Kier alpha value is -1.73. The third-order valence-corrected chi connectivity index (χ3v) is 3.63. The Morgan fingerprint density at radius 3 is 2.75 bits per heavy atom. The van der Waals surface area contributed by atoms with Crippen LogP contribution < -0.4 is 5.73 Å². The molecule has 0 fully saturated rings. The van der Waals surface area contributed by atoms with E-state index in [1.807, 2.05) is 23.8 Å². The van der Waals surface area contributed by atoms with E-state index in [1.54, 1.807) is 11.3 Å². The van der Waals surface area contributed by atoms with Crippen molar-refractivity contribution in [2.75, 3.05) is 5.73 Å². The molecule has 0 bridgehead atoms. The SMILES string of the molecule is Cc1c(C#N)c(N)n(Cc2ccsc2)c1C. The first kappa shape index (κ1) is 10.8. The number of hydrogen-bond donors (Lipinski definition) is 1. The second kappa shape index (κ2) is 4.03. The Bertz CT molecular complexity index is 544. The number of aromatic nitrogens is 1. The van der Waals surface area contributed by atoms with Crippen LogP contribution in [0.15, 0.2) is 16.8 Å². The smallest absolute Gasteiger partial charge is 0.122 e. The van der Waals surface area contributed by atoms with Crippen molar-refractivity contribution in [1.29, 1.82) is 5.26 Å². The molecule has 2 aromatic heterocycles. The highest BCUT2D eigenvalue weighted by Gasteiger charge is 2.14. The maximum Gasteiger partial charge on any atom is 0.122 e. The lowest BCUT2D eigenvalue weighted by Crippen LogP contribution is -2.05. The van der Waals surface area contributed by atoms with Crippen LogP contribution in [0.25, 0.3) is 0 Å². The number of anilines is 1. The summed E-state index contributed by atoms with van der Waals surface area (Å²) in [5.74, 6) is 0.573. The minimum Gasteiger partial charge on any atom is -0.384 e. The van der Waals surface area contributed by atoms with Crippen LogP contribution in [0.1, 0.15) is 22.4 Å². The maximum atomic E-state index is 9.02. The number of nitriles is 1. The zero-order chi connectivity index (χ0) is 11.7. The molecule has 0 aromatic carbocycles. The molecule has 2 heterocycles. The Balaban J connectivity index is 2.46. The summed E-state index contributed by atoms with van der Waals surface area (Å²) in [6, 6.07) is 4.24. The lowest BCUT2D eigenvalue weighted by molar-refractivity contribution is 0.786. The Morgan fingerprint density at radius 1 is 1.50 bits per heavy atom. The van der Waals surface area contributed by atoms with Crippen LogP contribution in [0.5, 0.6) is 0 Å². The summed E-state index contributed by atoms with van der Waals surface area (Å²) in [6.45, 7) is 4.68. The van der Waals surface area contributed by atoms with Gasteiger partial charge < -0.3 is 10.3 Å². The molecule has 16 heavy (non-hydrogen) atoms. The lowest BCUT2D eigenvalue weighted by Gasteiger charge is -2.07. The molecule has 0 spiro atoms. The number of nitrogen functional groups attached to an aromatic ring is 1. The topological polar surface area (TPSA) is 54.7 Å². The van der Waals surface area contributed by atoms with Gasteiger partial charge in [0.25, 0.3) is 0 Å². The van der Waals surface area contributed by atoms with Crippen LogP contribution in [0.4, 0.5) is 5.82 Å². The predicted octanol–water partition coefficient (Wildman–Crippen LogP) is 2.67. The van der Waals surface area contributed by atoms with Gasteiger partial charge in [0.1, 0.15) is 11.9 Å². The molecule has 2 rings (SSSR count). The van der Waals surface area contributed by atoms with Gasteiger partial charge >= 0.3 is 0 Å². The minimum atomic E-state index is 0.573. The first-order chi connectivity index (χ1) is 7.65. The zero-order valence-corrected chi connectivity index (χ0v) is 10.1. The fraction of sp³-hybridized carbons (Fsp3) is 0.250. The van der Waals surface area contributed by atoms with Crippen molar-refractivity contribution >= 4 is 17.2 Å². The van der Waals surface area contributed by atoms with Gasteiger partial charge in [-0.1, -0.05) is 0 Å². The molecule has 82 valence electrons.